The zero-order chi connectivity index (χ0) is 20.3. The molecule has 1 atom stereocenters. The zero-order valence-electron chi connectivity index (χ0n) is 16.0. The molecule has 0 amide bonds. The first-order valence-corrected chi connectivity index (χ1v) is 10.7. The van der Waals surface area contributed by atoms with Crippen LogP contribution in [0.1, 0.15) is 24.1 Å². The lowest BCUT2D eigenvalue weighted by molar-refractivity contribution is 0.415. The van der Waals surface area contributed by atoms with Crippen molar-refractivity contribution in [3.63, 3.8) is 0 Å². The Balaban J connectivity index is 2.17. The minimum atomic E-state index is -3.84. The summed E-state index contributed by atoms with van der Waals surface area (Å²) in [5, 5.41) is 0.485. The van der Waals surface area contributed by atoms with E-state index in [0.717, 1.165) is 11.1 Å². The molecule has 6 heteroatoms. The second kappa shape index (κ2) is 8.25. The predicted octanol–water partition coefficient (Wildman–Crippen LogP) is 5.61. The molecule has 0 saturated heterocycles. The van der Waals surface area contributed by atoms with Crippen molar-refractivity contribution in [1.29, 1.82) is 0 Å². The van der Waals surface area contributed by atoms with Crippen LogP contribution < -0.4 is 9.04 Å². The minimum Gasteiger partial charge on any atom is -0.497 e. The van der Waals surface area contributed by atoms with Gasteiger partial charge in [-0.1, -0.05) is 47.5 Å². The number of rotatable bonds is 6. The monoisotopic (exact) mass is 415 g/mol. The number of halogens is 1. The van der Waals surface area contributed by atoms with Gasteiger partial charge in [0.05, 0.1) is 23.7 Å². The lowest BCUT2D eigenvalue weighted by atomic mass is 10.1. The summed E-state index contributed by atoms with van der Waals surface area (Å²) in [5.41, 5.74) is 2.50. The van der Waals surface area contributed by atoms with E-state index in [9.17, 15) is 8.42 Å². The number of hydrogen-bond donors (Lipinski definition) is 0. The van der Waals surface area contributed by atoms with Gasteiger partial charge < -0.3 is 4.74 Å². The molecular weight excluding hydrogens is 394 g/mol. The molecule has 0 aliphatic carbocycles. The fraction of sp³-hybridized carbons (Fsp3) is 0.182. The van der Waals surface area contributed by atoms with Crippen LogP contribution in [-0.4, -0.2) is 15.5 Å². The van der Waals surface area contributed by atoms with E-state index in [4.69, 9.17) is 16.3 Å². The molecule has 3 rings (SSSR count). The zero-order valence-corrected chi connectivity index (χ0v) is 17.5. The van der Waals surface area contributed by atoms with Crippen LogP contribution in [0.5, 0.6) is 5.75 Å². The van der Waals surface area contributed by atoms with Crippen molar-refractivity contribution in [1.82, 2.24) is 0 Å². The van der Waals surface area contributed by atoms with Crippen molar-refractivity contribution in [3.05, 3.63) is 88.9 Å². The Labute approximate surface area is 171 Å². The number of anilines is 1. The van der Waals surface area contributed by atoms with Crippen molar-refractivity contribution in [2.75, 3.05) is 11.4 Å². The van der Waals surface area contributed by atoms with Crippen LogP contribution in [0.15, 0.2) is 77.7 Å². The molecule has 0 radical (unpaired) electrons. The lowest BCUT2D eigenvalue weighted by Crippen LogP contribution is -2.33. The highest BCUT2D eigenvalue weighted by atomic mass is 35.5. The molecule has 146 valence electrons. The molecule has 3 aromatic carbocycles. The van der Waals surface area contributed by atoms with Gasteiger partial charge in [0.1, 0.15) is 5.75 Å². The molecule has 0 spiro atoms. The Morgan fingerprint density at radius 2 is 1.64 bits per heavy atom. The van der Waals surface area contributed by atoms with Gasteiger partial charge in [0, 0.05) is 11.1 Å². The van der Waals surface area contributed by atoms with E-state index < -0.39 is 16.1 Å². The van der Waals surface area contributed by atoms with Crippen LogP contribution in [-0.2, 0) is 10.0 Å². The van der Waals surface area contributed by atoms with Gasteiger partial charge >= 0.3 is 0 Å². The van der Waals surface area contributed by atoms with Gasteiger partial charge in [-0.05, 0) is 55.8 Å². The SMILES string of the molecule is COc1cccc(N(C(C)c2cccc(C)c2)S(=O)(=O)c2ccc(Cl)cc2)c1. The number of aryl methyl sites for hydroxylation is 1. The van der Waals surface area contributed by atoms with Gasteiger partial charge in [0.15, 0.2) is 0 Å². The van der Waals surface area contributed by atoms with Crippen LogP contribution in [0.2, 0.25) is 5.02 Å². The average molecular weight is 416 g/mol. The van der Waals surface area contributed by atoms with E-state index in [1.807, 2.05) is 38.1 Å². The van der Waals surface area contributed by atoms with Gasteiger partial charge in [0.2, 0.25) is 0 Å². The average Bonchev–Trinajstić information content (AvgIpc) is 2.68. The van der Waals surface area contributed by atoms with E-state index in [0.29, 0.717) is 16.5 Å². The van der Waals surface area contributed by atoms with Crippen LogP contribution in [0.3, 0.4) is 0 Å². The highest BCUT2D eigenvalue weighted by Crippen LogP contribution is 2.35. The maximum Gasteiger partial charge on any atom is 0.264 e. The van der Waals surface area contributed by atoms with E-state index >= 15 is 0 Å². The quantitative estimate of drug-likeness (QED) is 0.525. The Kier molecular flexibility index (Phi) is 5.96. The van der Waals surface area contributed by atoms with Gasteiger partial charge in [-0.25, -0.2) is 8.42 Å². The third-order valence-electron chi connectivity index (χ3n) is 4.55. The Hall–Kier alpha value is -2.50. The number of sulfonamides is 1. The first kappa shape index (κ1) is 20.2. The van der Waals surface area contributed by atoms with Crippen molar-refractivity contribution >= 4 is 27.3 Å². The molecule has 1 unspecified atom stereocenters. The Bertz CT molecular complexity index is 1070. The molecule has 0 fully saturated rings. The Morgan fingerprint density at radius 1 is 0.964 bits per heavy atom. The fourth-order valence-corrected chi connectivity index (χ4v) is 4.87. The van der Waals surface area contributed by atoms with Crippen molar-refractivity contribution in [3.8, 4) is 5.75 Å². The van der Waals surface area contributed by atoms with Crippen LogP contribution >= 0.6 is 11.6 Å². The third-order valence-corrected chi connectivity index (χ3v) is 6.72. The van der Waals surface area contributed by atoms with Crippen molar-refractivity contribution in [2.45, 2.75) is 24.8 Å². The third kappa shape index (κ3) is 4.16. The minimum absolute atomic E-state index is 0.180. The first-order chi connectivity index (χ1) is 13.3. The maximum absolute atomic E-state index is 13.6. The molecular formula is C22H22ClNO3S. The smallest absolute Gasteiger partial charge is 0.264 e. The molecule has 0 aromatic heterocycles. The standard InChI is InChI=1S/C22H22ClNO3S/c1-16-6-4-7-18(14-16)17(2)24(20-8-5-9-21(15-20)27-3)28(25,26)22-12-10-19(23)11-13-22/h4-15,17H,1-3H3. The highest BCUT2D eigenvalue weighted by molar-refractivity contribution is 7.92. The van der Waals surface area contributed by atoms with Gasteiger partial charge in [-0.15, -0.1) is 0 Å². The summed E-state index contributed by atoms with van der Waals surface area (Å²) in [5.74, 6) is 0.588. The van der Waals surface area contributed by atoms with Crippen molar-refractivity contribution in [2.24, 2.45) is 0 Å². The summed E-state index contributed by atoms with van der Waals surface area (Å²) >= 11 is 5.95. The van der Waals surface area contributed by atoms with Crippen LogP contribution in [0.25, 0.3) is 0 Å². The molecule has 3 aromatic rings. The molecule has 0 N–H and O–H groups in total. The van der Waals surface area contributed by atoms with E-state index in [2.05, 4.69) is 0 Å². The van der Waals surface area contributed by atoms with Crippen LogP contribution in [0, 0.1) is 6.92 Å². The summed E-state index contributed by atoms with van der Waals surface area (Å²) in [4.78, 5) is 0.180. The predicted molar refractivity (Wildman–Crippen MR) is 114 cm³/mol. The summed E-state index contributed by atoms with van der Waals surface area (Å²) < 4.78 is 33.9. The van der Waals surface area contributed by atoms with Crippen molar-refractivity contribution < 1.29 is 13.2 Å². The summed E-state index contributed by atoms with van der Waals surface area (Å²) in [7, 11) is -2.28. The van der Waals surface area contributed by atoms with E-state index in [1.165, 1.54) is 16.4 Å². The largest absolute Gasteiger partial charge is 0.497 e. The molecule has 0 saturated carbocycles. The summed E-state index contributed by atoms with van der Waals surface area (Å²) in [6.07, 6.45) is 0. The molecule has 28 heavy (non-hydrogen) atoms. The number of hydrogen-bond acceptors (Lipinski definition) is 3. The number of benzene rings is 3. The first-order valence-electron chi connectivity index (χ1n) is 8.83. The lowest BCUT2D eigenvalue weighted by Gasteiger charge is -2.31. The topological polar surface area (TPSA) is 46.6 Å². The summed E-state index contributed by atoms with van der Waals surface area (Å²) in [6.45, 7) is 3.86. The van der Waals surface area contributed by atoms with Gasteiger partial charge in [-0.3, -0.25) is 4.31 Å². The summed E-state index contributed by atoms with van der Waals surface area (Å²) in [6, 6.07) is 20.7. The van der Waals surface area contributed by atoms with Crippen LogP contribution in [0.4, 0.5) is 5.69 Å². The fourth-order valence-electron chi connectivity index (χ4n) is 3.10. The molecule has 0 heterocycles. The number of ether oxygens (including phenoxy) is 1. The van der Waals surface area contributed by atoms with Gasteiger partial charge in [-0.2, -0.15) is 0 Å². The second-order valence-corrected chi connectivity index (χ2v) is 8.80. The normalized spacial score (nSPS) is 12.4. The number of nitrogens with zero attached hydrogens (tertiary/aromatic N) is 1. The number of methoxy groups -OCH3 is 1. The Morgan fingerprint density at radius 3 is 2.29 bits per heavy atom. The molecule has 0 aliphatic rings. The van der Waals surface area contributed by atoms with E-state index in [1.54, 1.807) is 43.5 Å². The highest BCUT2D eigenvalue weighted by Gasteiger charge is 2.30. The molecule has 0 bridgehead atoms. The molecule has 0 aliphatic heterocycles. The molecule has 4 nitrogen and oxygen atoms in total. The van der Waals surface area contributed by atoms with E-state index in [-0.39, 0.29) is 4.90 Å². The maximum atomic E-state index is 13.6. The second-order valence-electron chi connectivity index (χ2n) is 6.55. The van der Waals surface area contributed by atoms with Gasteiger partial charge in [0.25, 0.3) is 10.0 Å².